The number of nitrogens with zero attached hydrogens (tertiary/aromatic N) is 6. The summed E-state index contributed by atoms with van der Waals surface area (Å²) < 4.78 is 95.7. The molecule has 1 aliphatic carbocycles. The van der Waals surface area contributed by atoms with Gasteiger partial charge >= 0.3 is 18.4 Å². The second-order valence-electron chi connectivity index (χ2n) is 13.4. The van der Waals surface area contributed by atoms with E-state index in [1.54, 1.807) is 46.3 Å². The lowest BCUT2D eigenvalue weighted by molar-refractivity contribution is -0.143. The summed E-state index contributed by atoms with van der Waals surface area (Å²) in [4.78, 5) is 26.2. The summed E-state index contributed by atoms with van der Waals surface area (Å²) in [6, 6.07) is 0.516. The van der Waals surface area contributed by atoms with Crippen LogP contribution in [0.2, 0.25) is 0 Å². The van der Waals surface area contributed by atoms with Crippen LogP contribution in [0, 0.1) is 5.92 Å². The van der Waals surface area contributed by atoms with E-state index in [4.69, 9.17) is 14.6 Å². The number of ether oxygens (including phenoxy) is 2. The van der Waals surface area contributed by atoms with Crippen molar-refractivity contribution in [2.24, 2.45) is 13.0 Å². The number of rotatable bonds is 11. The van der Waals surface area contributed by atoms with E-state index in [0.29, 0.717) is 50.7 Å². The van der Waals surface area contributed by atoms with Gasteiger partial charge in [-0.25, -0.2) is 14.8 Å². The van der Waals surface area contributed by atoms with Gasteiger partial charge in [-0.15, -0.1) is 0 Å². The van der Waals surface area contributed by atoms with Crippen molar-refractivity contribution in [3.05, 3.63) is 59.7 Å². The number of aliphatic hydroxyl groups excluding tert-OH is 1. The number of likely N-dealkylation sites (tertiary alicyclic amines) is 1. The molecule has 1 N–H and O–H groups in total. The van der Waals surface area contributed by atoms with E-state index in [-0.39, 0.29) is 55.0 Å². The van der Waals surface area contributed by atoms with Gasteiger partial charge in [0, 0.05) is 61.4 Å². The van der Waals surface area contributed by atoms with Crippen LogP contribution in [0.3, 0.4) is 0 Å². The molecule has 1 amide bonds. The van der Waals surface area contributed by atoms with Crippen molar-refractivity contribution in [3.63, 3.8) is 0 Å². The first kappa shape index (κ1) is 38.3. The average molecular weight is 727 g/mol. The summed E-state index contributed by atoms with van der Waals surface area (Å²) >= 11 is 0. The normalized spacial score (nSPS) is 22.9. The molecule has 1 aliphatic heterocycles. The zero-order valence-electron chi connectivity index (χ0n) is 28.8. The topological polar surface area (TPSA) is 106 Å². The van der Waals surface area contributed by atoms with Crippen LogP contribution in [0.1, 0.15) is 81.9 Å². The molecule has 0 radical (unpaired) electrons. The lowest BCUT2D eigenvalue weighted by Crippen LogP contribution is -2.57. The van der Waals surface area contributed by atoms with Crippen LogP contribution >= 0.6 is 0 Å². The monoisotopic (exact) mass is 726 g/mol. The van der Waals surface area contributed by atoms with Crippen LogP contribution in [-0.2, 0) is 35.4 Å². The molecular formula is C35H44F6N6O4. The Morgan fingerprint density at radius 1 is 0.902 bits per heavy atom. The number of alkyl halides is 6. The number of carbonyl (C=O) groups excluding carboxylic acids is 1. The molecule has 3 atom stereocenters. The number of piperidine rings is 1. The SMILES string of the molecule is CC[C@@H]1CC(N(Cc2cc(C(F)(F)F)cc(C(F)(F)F)c2)c2ncc(-c3cnn(C)c3)cn2)C[C@H](CC)N1C(=O)OC1CCC(COCO)CC1. The lowest BCUT2D eigenvalue weighted by atomic mass is 9.87. The third-order valence-corrected chi connectivity index (χ3v) is 9.91. The standard InChI is InChI=1S/C35H44F6N6O4/c1-4-28-13-30(14-29(5-2)47(28)33(49)51-31-8-6-22(7-9-31)20-50-21-48)46(32-42-15-24(16-43-32)25-17-44-45(3)19-25)18-23-10-26(34(36,37)38)12-27(11-23)35(39,40)41/h10-12,15-17,19,22,28-31,48H,4-9,13-14,18,20-21H2,1-3H3/t22?,28-,29+,30?,31?. The van der Waals surface area contributed by atoms with Gasteiger partial charge in [-0.3, -0.25) is 4.68 Å². The van der Waals surface area contributed by atoms with Crippen molar-refractivity contribution in [2.45, 2.75) is 108 Å². The number of hydrogen-bond acceptors (Lipinski definition) is 8. The van der Waals surface area contributed by atoms with Gasteiger partial charge in [-0.2, -0.15) is 31.4 Å². The molecule has 1 saturated carbocycles. The predicted octanol–water partition coefficient (Wildman–Crippen LogP) is 7.60. The fraction of sp³-hybridized carbons (Fsp3) is 0.600. The van der Waals surface area contributed by atoms with E-state index in [1.807, 2.05) is 13.8 Å². The summed E-state index contributed by atoms with van der Waals surface area (Å²) in [5, 5.41) is 13.1. The minimum atomic E-state index is -5.00. The molecule has 3 aromatic rings. The fourth-order valence-corrected chi connectivity index (χ4v) is 7.23. The molecule has 1 unspecified atom stereocenters. The van der Waals surface area contributed by atoms with Crippen LogP contribution in [-0.4, -0.2) is 73.5 Å². The number of benzene rings is 1. The molecule has 16 heteroatoms. The van der Waals surface area contributed by atoms with Crippen LogP contribution in [0.4, 0.5) is 37.1 Å². The second kappa shape index (κ2) is 16.2. The Morgan fingerprint density at radius 3 is 1.98 bits per heavy atom. The Hall–Kier alpha value is -3.92. The zero-order chi connectivity index (χ0) is 36.9. The molecular weight excluding hydrogens is 682 g/mol. The summed E-state index contributed by atoms with van der Waals surface area (Å²) in [5.41, 5.74) is -1.62. The van der Waals surface area contributed by atoms with E-state index in [0.717, 1.165) is 30.5 Å². The van der Waals surface area contributed by atoms with Gasteiger partial charge in [0.25, 0.3) is 0 Å². The third kappa shape index (κ3) is 9.50. The highest BCUT2D eigenvalue weighted by atomic mass is 19.4. The summed E-state index contributed by atoms with van der Waals surface area (Å²) in [5.74, 6) is 0.423. The summed E-state index contributed by atoms with van der Waals surface area (Å²) in [6.07, 6.45) is 0.566. The van der Waals surface area contributed by atoms with Gasteiger partial charge in [0.05, 0.1) is 23.9 Å². The number of hydrogen-bond donors (Lipinski definition) is 1. The Labute approximate surface area is 292 Å². The minimum Gasteiger partial charge on any atom is -0.446 e. The maximum absolute atomic E-state index is 13.8. The van der Waals surface area contributed by atoms with Gasteiger partial charge in [0.2, 0.25) is 5.95 Å². The van der Waals surface area contributed by atoms with Crippen molar-refractivity contribution < 1.29 is 45.7 Å². The summed E-state index contributed by atoms with van der Waals surface area (Å²) in [7, 11) is 1.75. The van der Waals surface area contributed by atoms with Gasteiger partial charge < -0.3 is 24.4 Å². The number of anilines is 1. The molecule has 0 bridgehead atoms. The number of aromatic nitrogens is 4. The highest BCUT2D eigenvalue weighted by Crippen LogP contribution is 2.39. The fourth-order valence-electron chi connectivity index (χ4n) is 7.23. The maximum atomic E-state index is 13.8. The molecule has 1 aromatic carbocycles. The molecule has 3 heterocycles. The number of amides is 1. The van der Waals surface area contributed by atoms with E-state index in [9.17, 15) is 31.1 Å². The van der Waals surface area contributed by atoms with E-state index in [1.165, 1.54) is 0 Å². The zero-order valence-corrected chi connectivity index (χ0v) is 28.8. The van der Waals surface area contributed by atoms with Crippen LogP contribution in [0.5, 0.6) is 0 Å². The molecule has 1 saturated heterocycles. The maximum Gasteiger partial charge on any atom is 0.416 e. The Balaban J connectivity index is 1.43. The molecule has 2 aliphatic rings. The molecule has 280 valence electrons. The molecule has 2 fully saturated rings. The van der Waals surface area contributed by atoms with Gasteiger partial charge in [0.15, 0.2) is 0 Å². The van der Waals surface area contributed by atoms with E-state index < -0.39 is 35.6 Å². The summed E-state index contributed by atoms with van der Waals surface area (Å²) in [6.45, 7) is 3.64. The van der Waals surface area contributed by atoms with Crippen molar-refractivity contribution >= 4 is 12.0 Å². The average Bonchev–Trinajstić information content (AvgIpc) is 3.54. The van der Waals surface area contributed by atoms with Gasteiger partial charge in [-0.05, 0) is 81.0 Å². The Morgan fingerprint density at radius 2 is 1.49 bits per heavy atom. The first-order valence-corrected chi connectivity index (χ1v) is 17.2. The van der Waals surface area contributed by atoms with Gasteiger partial charge in [0.1, 0.15) is 12.9 Å². The van der Waals surface area contributed by atoms with Crippen LogP contribution < -0.4 is 4.90 Å². The number of carbonyl (C=O) groups is 1. The number of aryl methyl sites for hydroxylation is 1. The van der Waals surface area contributed by atoms with Crippen LogP contribution in [0.25, 0.3) is 11.1 Å². The predicted molar refractivity (Wildman–Crippen MR) is 175 cm³/mol. The Bertz CT molecular complexity index is 1550. The van der Waals surface area contributed by atoms with Gasteiger partial charge in [-0.1, -0.05) is 13.8 Å². The smallest absolute Gasteiger partial charge is 0.416 e. The van der Waals surface area contributed by atoms with Crippen molar-refractivity contribution in [2.75, 3.05) is 18.3 Å². The Kier molecular flexibility index (Phi) is 12.2. The first-order valence-electron chi connectivity index (χ1n) is 17.2. The minimum absolute atomic E-state index is 0.118. The molecule has 0 spiro atoms. The number of aliphatic hydroxyl groups is 1. The quantitative estimate of drug-likeness (QED) is 0.159. The number of halogens is 6. The van der Waals surface area contributed by atoms with Crippen molar-refractivity contribution in [1.29, 1.82) is 0 Å². The van der Waals surface area contributed by atoms with Crippen LogP contribution in [0.15, 0.2) is 43.0 Å². The third-order valence-electron chi connectivity index (χ3n) is 9.91. The molecule has 2 aromatic heterocycles. The second-order valence-corrected chi connectivity index (χ2v) is 13.4. The highest BCUT2D eigenvalue weighted by molar-refractivity contribution is 5.69. The van der Waals surface area contributed by atoms with E-state index >= 15 is 0 Å². The highest BCUT2D eigenvalue weighted by Gasteiger charge is 2.42. The molecule has 5 rings (SSSR count). The molecule has 51 heavy (non-hydrogen) atoms. The lowest BCUT2D eigenvalue weighted by Gasteiger charge is -2.47. The van der Waals surface area contributed by atoms with Crippen molar-refractivity contribution in [3.8, 4) is 11.1 Å². The largest absolute Gasteiger partial charge is 0.446 e. The molecule has 10 nitrogen and oxygen atoms in total. The van der Waals surface area contributed by atoms with Crippen molar-refractivity contribution in [1.82, 2.24) is 24.6 Å². The first-order chi connectivity index (χ1) is 24.2. The van der Waals surface area contributed by atoms with E-state index in [2.05, 4.69) is 15.1 Å².